The normalized spacial score (nSPS) is 11.3. The molecule has 74 valence electrons. The van der Waals surface area contributed by atoms with Crippen LogP contribution in [0.4, 0.5) is 0 Å². The summed E-state index contributed by atoms with van der Waals surface area (Å²) in [5, 5.41) is 15.4. The Labute approximate surface area is 87.2 Å². The van der Waals surface area contributed by atoms with Crippen LogP contribution in [-0.2, 0) is 0 Å². The fraction of sp³-hybridized carbons (Fsp3) is 0. The summed E-state index contributed by atoms with van der Waals surface area (Å²) in [6, 6.07) is 10.6. The van der Waals surface area contributed by atoms with Gasteiger partial charge in [0, 0.05) is 12.0 Å². The summed E-state index contributed by atoms with van der Waals surface area (Å²) in [4.78, 5) is 3.85. The van der Waals surface area contributed by atoms with Crippen molar-refractivity contribution >= 4 is 5.90 Å². The van der Waals surface area contributed by atoms with E-state index in [0.29, 0.717) is 5.56 Å². The number of aromatic nitrogens is 2. The van der Waals surface area contributed by atoms with Crippen LogP contribution in [0.3, 0.4) is 0 Å². The van der Waals surface area contributed by atoms with E-state index < -0.39 is 0 Å². The van der Waals surface area contributed by atoms with E-state index >= 15 is 0 Å². The van der Waals surface area contributed by atoms with Crippen molar-refractivity contribution in [2.24, 2.45) is 5.10 Å². The third-order valence-electron chi connectivity index (χ3n) is 1.82. The summed E-state index contributed by atoms with van der Waals surface area (Å²) in [5.41, 5.74) is 0.564. The SMILES string of the molecule is [O-]/C(=N\[n+]1cccnc1)c1ccccc1. The zero-order valence-electron chi connectivity index (χ0n) is 7.95. The molecule has 4 heteroatoms. The highest BCUT2D eigenvalue weighted by Gasteiger charge is 1.94. The van der Waals surface area contributed by atoms with Crippen LogP contribution >= 0.6 is 0 Å². The third-order valence-corrected chi connectivity index (χ3v) is 1.82. The van der Waals surface area contributed by atoms with Gasteiger partial charge in [-0.2, -0.15) is 0 Å². The van der Waals surface area contributed by atoms with Gasteiger partial charge in [-0.05, 0) is 5.56 Å². The molecule has 0 aliphatic heterocycles. The van der Waals surface area contributed by atoms with Gasteiger partial charge in [0.25, 0.3) is 0 Å². The van der Waals surface area contributed by atoms with Gasteiger partial charge in [-0.15, -0.1) is 4.68 Å². The lowest BCUT2D eigenvalue weighted by molar-refractivity contribution is -0.684. The predicted molar refractivity (Wildman–Crippen MR) is 52.8 cm³/mol. The van der Waals surface area contributed by atoms with Gasteiger partial charge in [0.15, 0.2) is 0 Å². The molecular weight excluding hydrogens is 190 g/mol. The molecule has 2 rings (SSSR count). The van der Waals surface area contributed by atoms with Gasteiger partial charge in [-0.25, -0.2) is 0 Å². The zero-order chi connectivity index (χ0) is 10.5. The summed E-state index contributed by atoms with van der Waals surface area (Å²) in [6.07, 6.45) is 4.76. The monoisotopic (exact) mass is 199 g/mol. The van der Waals surface area contributed by atoms with Crippen LogP contribution in [0.1, 0.15) is 5.56 Å². The van der Waals surface area contributed by atoms with Crippen LogP contribution < -0.4 is 9.78 Å². The quantitative estimate of drug-likeness (QED) is 0.386. The molecule has 15 heavy (non-hydrogen) atoms. The molecule has 2 aromatic rings. The van der Waals surface area contributed by atoms with Gasteiger partial charge >= 0.3 is 6.33 Å². The summed E-state index contributed by atoms with van der Waals surface area (Å²) < 4.78 is 1.38. The number of hydrogen-bond acceptors (Lipinski definition) is 3. The highest BCUT2D eigenvalue weighted by atomic mass is 16.3. The molecular formula is C11H9N3O. The van der Waals surface area contributed by atoms with Crippen LogP contribution in [0.25, 0.3) is 0 Å². The van der Waals surface area contributed by atoms with E-state index in [9.17, 15) is 5.11 Å². The molecule has 1 aromatic carbocycles. The van der Waals surface area contributed by atoms with Crippen molar-refractivity contribution < 1.29 is 9.78 Å². The Morgan fingerprint density at radius 2 is 2.00 bits per heavy atom. The Kier molecular flexibility index (Phi) is 2.69. The zero-order valence-corrected chi connectivity index (χ0v) is 7.95. The van der Waals surface area contributed by atoms with Crippen molar-refractivity contribution in [3.05, 3.63) is 60.7 Å². The van der Waals surface area contributed by atoms with Gasteiger partial charge in [0.2, 0.25) is 0 Å². The van der Waals surface area contributed by atoms with Crippen molar-refractivity contribution in [3.8, 4) is 0 Å². The Morgan fingerprint density at radius 3 is 2.67 bits per heavy atom. The summed E-state index contributed by atoms with van der Waals surface area (Å²) in [6.45, 7) is 0. The van der Waals surface area contributed by atoms with E-state index in [4.69, 9.17) is 0 Å². The van der Waals surface area contributed by atoms with Crippen molar-refractivity contribution in [1.82, 2.24) is 4.98 Å². The molecule has 0 saturated carbocycles. The average molecular weight is 199 g/mol. The second-order valence-corrected chi connectivity index (χ2v) is 2.91. The first-order valence-electron chi connectivity index (χ1n) is 4.49. The molecule has 0 aliphatic carbocycles. The highest BCUT2D eigenvalue weighted by molar-refractivity contribution is 5.89. The van der Waals surface area contributed by atoms with Gasteiger partial charge < -0.3 is 5.11 Å². The maximum absolute atomic E-state index is 11.6. The molecule has 0 aliphatic rings. The second-order valence-electron chi connectivity index (χ2n) is 2.91. The Hall–Kier alpha value is -2.23. The maximum atomic E-state index is 11.6. The van der Waals surface area contributed by atoms with Gasteiger partial charge in [-0.1, -0.05) is 40.4 Å². The molecule has 0 fully saturated rings. The molecule has 0 atom stereocenters. The number of benzene rings is 1. The van der Waals surface area contributed by atoms with E-state index in [1.807, 2.05) is 6.07 Å². The van der Waals surface area contributed by atoms with E-state index in [-0.39, 0.29) is 5.90 Å². The topological polar surface area (TPSA) is 52.2 Å². The van der Waals surface area contributed by atoms with E-state index in [1.54, 1.807) is 42.7 Å². The van der Waals surface area contributed by atoms with Crippen molar-refractivity contribution in [1.29, 1.82) is 0 Å². The number of nitrogens with zero attached hydrogens (tertiary/aromatic N) is 3. The number of hydrogen-bond donors (Lipinski definition) is 0. The van der Waals surface area contributed by atoms with Gasteiger partial charge in [0.1, 0.15) is 12.4 Å². The minimum Gasteiger partial charge on any atom is -0.856 e. The maximum Gasteiger partial charge on any atom is 0.311 e. The molecule has 0 N–H and O–H groups in total. The molecule has 1 aromatic heterocycles. The molecule has 0 amide bonds. The van der Waals surface area contributed by atoms with Gasteiger partial charge in [-0.3, -0.25) is 0 Å². The average Bonchev–Trinajstić information content (AvgIpc) is 2.31. The third kappa shape index (κ3) is 2.37. The fourth-order valence-electron chi connectivity index (χ4n) is 1.12. The fourth-order valence-corrected chi connectivity index (χ4v) is 1.12. The van der Waals surface area contributed by atoms with Crippen molar-refractivity contribution in [2.75, 3.05) is 0 Å². The first-order valence-corrected chi connectivity index (χ1v) is 4.49. The standard InChI is InChI=1S/C11H9N3O/c15-11(10-5-2-1-3-6-10)13-14-8-4-7-12-9-14/h1-9H. The van der Waals surface area contributed by atoms with Gasteiger partial charge in [0.05, 0.1) is 0 Å². The smallest absolute Gasteiger partial charge is 0.311 e. The Bertz CT molecular complexity index is 454. The lowest BCUT2D eigenvalue weighted by atomic mass is 10.2. The molecule has 4 nitrogen and oxygen atoms in total. The molecule has 0 saturated heterocycles. The molecule has 0 bridgehead atoms. The number of rotatable bonds is 2. The lowest BCUT2D eigenvalue weighted by Crippen LogP contribution is -2.33. The van der Waals surface area contributed by atoms with E-state index in [1.165, 1.54) is 11.0 Å². The van der Waals surface area contributed by atoms with Crippen LogP contribution in [0, 0.1) is 0 Å². The lowest BCUT2D eigenvalue weighted by Gasteiger charge is -2.07. The minimum absolute atomic E-state index is 0.284. The molecule has 1 heterocycles. The first-order chi connectivity index (χ1) is 7.36. The molecule has 0 radical (unpaired) electrons. The van der Waals surface area contributed by atoms with Crippen molar-refractivity contribution in [2.45, 2.75) is 0 Å². The molecule has 0 spiro atoms. The summed E-state index contributed by atoms with van der Waals surface area (Å²) in [5.74, 6) is -0.284. The predicted octanol–water partition coefficient (Wildman–Crippen LogP) is -0.0607. The summed E-state index contributed by atoms with van der Waals surface area (Å²) in [7, 11) is 0. The Balaban J connectivity index is 2.29. The largest absolute Gasteiger partial charge is 0.856 e. The molecule has 0 unspecified atom stereocenters. The second kappa shape index (κ2) is 4.32. The first kappa shape index (κ1) is 9.33. The van der Waals surface area contributed by atoms with Crippen molar-refractivity contribution in [3.63, 3.8) is 0 Å². The van der Waals surface area contributed by atoms with Crippen LogP contribution in [-0.4, -0.2) is 10.9 Å². The summed E-state index contributed by atoms with van der Waals surface area (Å²) >= 11 is 0. The van der Waals surface area contributed by atoms with E-state index in [0.717, 1.165) is 0 Å². The highest BCUT2D eigenvalue weighted by Crippen LogP contribution is 1.96. The van der Waals surface area contributed by atoms with Crippen LogP contribution in [0.2, 0.25) is 0 Å². The van der Waals surface area contributed by atoms with E-state index in [2.05, 4.69) is 10.1 Å². The van der Waals surface area contributed by atoms with Crippen LogP contribution in [0.15, 0.2) is 60.2 Å². The van der Waals surface area contributed by atoms with Crippen LogP contribution in [0.5, 0.6) is 0 Å². The minimum atomic E-state index is -0.284. The Morgan fingerprint density at radius 1 is 1.20 bits per heavy atom.